The molecule has 2 heterocycles. The Morgan fingerprint density at radius 1 is 1.23 bits per heavy atom. The number of hydrogen-bond acceptors (Lipinski definition) is 1. The normalized spacial score (nSPS) is 9.38. The molecule has 2 heteroatoms. The monoisotopic (exact) mass is 174 g/mol. The van der Waals surface area contributed by atoms with Gasteiger partial charge in [0.1, 0.15) is 0 Å². The Balaban J connectivity index is 0.000000396. The van der Waals surface area contributed by atoms with Crippen LogP contribution in [0.4, 0.5) is 0 Å². The van der Waals surface area contributed by atoms with E-state index in [1.165, 1.54) is 11.1 Å². The number of rotatable bonds is 0. The summed E-state index contributed by atoms with van der Waals surface area (Å²) in [5.74, 6) is 0. The molecule has 0 aliphatic rings. The van der Waals surface area contributed by atoms with E-state index in [-0.39, 0.29) is 0 Å². The van der Waals surface area contributed by atoms with Gasteiger partial charge in [0.15, 0.2) is 0 Å². The topological polar surface area (TPSA) is 17.3 Å². The maximum absolute atomic E-state index is 4.27. The predicted octanol–water partition coefficient (Wildman–Crippen LogP) is 2.75. The van der Waals surface area contributed by atoms with Crippen molar-refractivity contribution in [2.75, 3.05) is 0 Å². The highest BCUT2D eigenvalue weighted by molar-refractivity contribution is 5.48. The van der Waals surface area contributed by atoms with Gasteiger partial charge in [0.2, 0.25) is 0 Å². The third kappa shape index (κ3) is 1.96. The number of pyridine rings is 1. The fourth-order valence-corrected chi connectivity index (χ4v) is 1.23. The lowest BCUT2D eigenvalue weighted by molar-refractivity contribution is 0.931. The second kappa shape index (κ2) is 3.90. The first-order valence-corrected chi connectivity index (χ1v) is 4.18. The van der Waals surface area contributed by atoms with E-state index in [9.17, 15) is 0 Å². The zero-order valence-corrected chi connectivity index (χ0v) is 8.12. The zero-order chi connectivity index (χ0) is 9.84. The van der Waals surface area contributed by atoms with Crippen molar-refractivity contribution in [3.8, 4) is 0 Å². The summed E-state index contributed by atoms with van der Waals surface area (Å²) in [6.07, 6.45) is 1.98. The van der Waals surface area contributed by atoms with E-state index in [4.69, 9.17) is 0 Å². The molecule has 2 aromatic rings. The van der Waals surface area contributed by atoms with Crippen LogP contribution in [0.15, 0.2) is 37.6 Å². The summed E-state index contributed by atoms with van der Waals surface area (Å²) in [6.45, 7) is 10.1. The lowest BCUT2D eigenvalue weighted by atomic mass is 10.3. The Kier molecular flexibility index (Phi) is 2.85. The van der Waals surface area contributed by atoms with E-state index < -0.39 is 0 Å². The molecule has 0 spiro atoms. The van der Waals surface area contributed by atoms with E-state index >= 15 is 0 Å². The summed E-state index contributed by atoms with van der Waals surface area (Å²) >= 11 is 0. The van der Waals surface area contributed by atoms with Gasteiger partial charge in [-0.15, -0.1) is 13.2 Å². The van der Waals surface area contributed by atoms with Crippen molar-refractivity contribution >= 4 is 5.52 Å². The Morgan fingerprint density at radius 2 is 1.92 bits per heavy atom. The molecule has 0 saturated carbocycles. The summed E-state index contributed by atoms with van der Waals surface area (Å²) in [6, 6.07) is 6.26. The summed E-state index contributed by atoms with van der Waals surface area (Å²) in [5.41, 5.74) is 3.51. The van der Waals surface area contributed by atoms with E-state index in [0.717, 1.165) is 5.69 Å². The maximum atomic E-state index is 4.27. The maximum Gasteiger partial charge on any atom is 0.0666 e. The molecule has 0 saturated heterocycles. The third-order valence-corrected chi connectivity index (χ3v) is 1.74. The number of nitrogens with zero attached hydrogens (tertiary/aromatic N) is 2. The van der Waals surface area contributed by atoms with Crippen molar-refractivity contribution in [2.45, 2.75) is 13.8 Å². The first-order valence-electron chi connectivity index (χ1n) is 4.18. The van der Waals surface area contributed by atoms with Gasteiger partial charge in [0.25, 0.3) is 0 Å². The minimum atomic E-state index is 1.07. The zero-order valence-electron chi connectivity index (χ0n) is 8.12. The standard InChI is InChI=1S/C9H10N2.C2H4/c1-7-3-4-11-9(5-7)6-8(2)10-11;1-2/h3-6H,1-2H3;1-2H2. The van der Waals surface area contributed by atoms with Crippen molar-refractivity contribution in [1.29, 1.82) is 0 Å². The molecule has 2 aromatic heterocycles. The molecule has 0 aliphatic carbocycles. The average molecular weight is 174 g/mol. The van der Waals surface area contributed by atoms with Crippen molar-refractivity contribution in [1.82, 2.24) is 9.61 Å². The minimum absolute atomic E-state index is 1.07. The minimum Gasteiger partial charge on any atom is -0.241 e. The molecule has 0 atom stereocenters. The molecular weight excluding hydrogens is 160 g/mol. The van der Waals surface area contributed by atoms with Crippen LogP contribution in [0.2, 0.25) is 0 Å². The van der Waals surface area contributed by atoms with Crippen LogP contribution in [0.3, 0.4) is 0 Å². The molecule has 0 N–H and O–H groups in total. The molecule has 2 nitrogen and oxygen atoms in total. The highest BCUT2D eigenvalue weighted by atomic mass is 15.2. The van der Waals surface area contributed by atoms with Crippen LogP contribution >= 0.6 is 0 Å². The lowest BCUT2D eigenvalue weighted by Gasteiger charge is -1.92. The summed E-state index contributed by atoms with van der Waals surface area (Å²) < 4.78 is 1.89. The summed E-state index contributed by atoms with van der Waals surface area (Å²) in [4.78, 5) is 0. The SMILES string of the molecule is C=C.Cc1ccn2nc(C)cc2c1. The number of hydrogen-bond donors (Lipinski definition) is 0. The molecular formula is C11H14N2. The number of fused-ring (bicyclic) bond motifs is 1. The van der Waals surface area contributed by atoms with Gasteiger partial charge in [-0.05, 0) is 37.6 Å². The van der Waals surface area contributed by atoms with E-state index in [1.54, 1.807) is 0 Å². The van der Waals surface area contributed by atoms with Crippen molar-refractivity contribution in [3.05, 3.63) is 48.8 Å². The Morgan fingerprint density at radius 3 is 2.62 bits per heavy atom. The first kappa shape index (κ1) is 9.52. The summed E-state index contributed by atoms with van der Waals surface area (Å²) in [5, 5.41) is 4.27. The van der Waals surface area contributed by atoms with Crippen LogP contribution in [0.1, 0.15) is 11.3 Å². The molecule has 0 amide bonds. The molecule has 0 aromatic carbocycles. The van der Waals surface area contributed by atoms with Gasteiger partial charge < -0.3 is 0 Å². The van der Waals surface area contributed by atoms with Crippen LogP contribution in [0, 0.1) is 13.8 Å². The molecule has 13 heavy (non-hydrogen) atoms. The largest absolute Gasteiger partial charge is 0.241 e. The molecule has 0 unspecified atom stereocenters. The first-order chi connectivity index (χ1) is 6.25. The van der Waals surface area contributed by atoms with Gasteiger partial charge in [-0.1, -0.05) is 0 Å². The molecule has 0 radical (unpaired) electrons. The smallest absolute Gasteiger partial charge is 0.0666 e. The third-order valence-electron chi connectivity index (χ3n) is 1.74. The Labute approximate surface area is 78.5 Å². The van der Waals surface area contributed by atoms with E-state index in [0.29, 0.717) is 0 Å². The van der Waals surface area contributed by atoms with Gasteiger partial charge in [0, 0.05) is 6.20 Å². The van der Waals surface area contributed by atoms with E-state index in [1.807, 2.05) is 17.6 Å². The van der Waals surface area contributed by atoms with E-state index in [2.05, 4.69) is 43.4 Å². The fraction of sp³-hybridized carbons (Fsp3) is 0.182. The lowest BCUT2D eigenvalue weighted by Crippen LogP contribution is -1.85. The van der Waals surface area contributed by atoms with Crippen molar-refractivity contribution < 1.29 is 0 Å². The van der Waals surface area contributed by atoms with Crippen LogP contribution in [-0.2, 0) is 0 Å². The van der Waals surface area contributed by atoms with Gasteiger partial charge in [-0.25, -0.2) is 4.52 Å². The average Bonchev–Trinajstić information content (AvgIpc) is 2.48. The van der Waals surface area contributed by atoms with Gasteiger partial charge >= 0.3 is 0 Å². The highest BCUT2D eigenvalue weighted by Gasteiger charge is 1.95. The van der Waals surface area contributed by atoms with Gasteiger partial charge in [0.05, 0.1) is 11.2 Å². The van der Waals surface area contributed by atoms with Gasteiger partial charge in [-0.2, -0.15) is 5.10 Å². The van der Waals surface area contributed by atoms with Crippen LogP contribution < -0.4 is 0 Å². The molecule has 0 bridgehead atoms. The highest BCUT2D eigenvalue weighted by Crippen LogP contribution is 2.07. The molecule has 68 valence electrons. The molecule has 2 rings (SSSR count). The van der Waals surface area contributed by atoms with Crippen molar-refractivity contribution in [2.24, 2.45) is 0 Å². The van der Waals surface area contributed by atoms with Crippen LogP contribution in [0.25, 0.3) is 5.52 Å². The second-order valence-corrected chi connectivity index (χ2v) is 2.86. The Hall–Kier alpha value is -1.57. The Bertz CT molecular complexity index is 401. The van der Waals surface area contributed by atoms with Crippen LogP contribution in [0.5, 0.6) is 0 Å². The van der Waals surface area contributed by atoms with Crippen molar-refractivity contribution in [3.63, 3.8) is 0 Å². The predicted molar refractivity (Wildman–Crippen MR) is 55.9 cm³/mol. The number of aromatic nitrogens is 2. The second-order valence-electron chi connectivity index (χ2n) is 2.86. The fourth-order valence-electron chi connectivity index (χ4n) is 1.23. The van der Waals surface area contributed by atoms with Crippen LogP contribution in [-0.4, -0.2) is 9.61 Å². The van der Waals surface area contributed by atoms with Gasteiger partial charge in [-0.3, -0.25) is 0 Å². The summed E-state index contributed by atoms with van der Waals surface area (Å²) in [7, 11) is 0. The number of aryl methyl sites for hydroxylation is 2. The molecule has 0 aliphatic heterocycles. The quantitative estimate of drug-likeness (QED) is 0.561. The molecule has 0 fully saturated rings.